The quantitative estimate of drug-likeness (QED) is 0.208. The maximum Gasteiger partial charge on any atom is 0.200 e. The van der Waals surface area contributed by atoms with Gasteiger partial charge in [-0.2, -0.15) is 0 Å². The Labute approximate surface area is 205 Å². The van der Waals surface area contributed by atoms with Gasteiger partial charge in [0.15, 0.2) is 11.6 Å². The third-order valence-corrected chi connectivity index (χ3v) is 7.36. The summed E-state index contributed by atoms with van der Waals surface area (Å²) in [4.78, 5) is 27.0. The Morgan fingerprint density at radius 1 is 0.722 bits per heavy atom. The van der Waals surface area contributed by atoms with Gasteiger partial charge in [0.05, 0.1) is 86.0 Å². The lowest BCUT2D eigenvalue weighted by Gasteiger charge is -2.50. The Morgan fingerprint density at radius 2 is 1.08 bits per heavy atom. The number of hydrogen-bond donors (Lipinski definition) is 4. The van der Waals surface area contributed by atoms with Crippen LogP contribution in [0.5, 0.6) is 11.5 Å². The van der Waals surface area contributed by atoms with Crippen molar-refractivity contribution in [2.24, 2.45) is 0 Å². The molecule has 0 atom stereocenters. The van der Waals surface area contributed by atoms with Crippen molar-refractivity contribution in [2.45, 2.75) is 12.8 Å². The van der Waals surface area contributed by atoms with Crippen molar-refractivity contribution in [3.8, 4) is 11.5 Å². The fraction of sp³-hybridized carbons (Fsp3) is 0.417. The van der Waals surface area contributed by atoms with E-state index < -0.39 is 77.6 Å². The van der Waals surface area contributed by atoms with Crippen LogP contribution in [0.25, 0.3) is 0 Å². The Balaban J connectivity index is 1.58. The number of nitrogens with zero attached hydrogens (tertiary/aromatic N) is 2. The minimum atomic E-state index is -1.43. The predicted octanol–water partition coefficient (Wildman–Crippen LogP) is 2.41. The fourth-order valence-corrected chi connectivity index (χ4v) is 5.00. The number of ketones is 2. The number of rotatable bonds is 8. The normalized spacial score (nSPS) is 19.1. The Morgan fingerprint density at radius 3 is 1.39 bits per heavy atom. The number of hydrogen-bond acceptors (Lipinski definition) is 8. The van der Waals surface area contributed by atoms with Crippen molar-refractivity contribution in [1.29, 1.82) is 0 Å². The molecule has 0 bridgehead atoms. The molecule has 2 saturated heterocycles. The van der Waals surface area contributed by atoms with Crippen LogP contribution in [-0.2, 0) is 0 Å². The maximum atomic E-state index is 15.4. The lowest BCUT2D eigenvalue weighted by molar-refractivity contribution is -0.916. The van der Waals surface area contributed by atoms with Gasteiger partial charge in [0, 0.05) is 12.8 Å². The van der Waals surface area contributed by atoms with Gasteiger partial charge in [-0.3, -0.25) is 9.59 Å². The predicted molar refractivity (Wildman–Crippen MR) is 126 cm³/mol. The van der Waals surface area contributed by atoms with E-state index in [2.05, 4.69) is 10.6 Å². The molecule has 10 nitrogen and oxygen atoms in total. The number of halogens is 2. The SMILES string of the molecule is O=C1c2c(O)ccc(O)c2C(=O)c2c(NCC[N+]3([O-])CCC3)c(F)c(F)c(NCC[N+]3([O-])CCC3)c21. The van der Waals surface area contributed by atoms with Crippen molar-refractivity contribution < 1.29 is 37.9 Å². The number of anilines is 2. The van der Waals surface area contributed by atoms with Crippen LogP contribution in [0.4, 0.5) is 20.2 Å². The average Bonchev–Trinajstić information content (AvgIpc) is 2.80. The van der Waals surface area contributed by atoms with E-state index in [-0.39, 0.29) is 26.2 Å². The number of phenolic OH excluding ortho intramolecular Hbond substituents is 2. The number of benzene rings is 2. The fourth-order valence-electron chi connectivity index (χ4n) is 5.00. The van der Waals surface area contributed by atoms with E-state index in [9.17, 15) is 30.2 Å². The van der Waals surface area contributed by atoms with Crippen LogP contribution >= 0.6 is 0 Å². The number of aromatic hydroxyl groups is 2. The van der Waals surface area contributed by atoms with Gasteiger partial charge in [0.2, 0.25) is 11.6 Å². The molecule has 0 saturated carbocycles. The van der Waals surface area contributed by atoms with Crippen LogP contribution in [0.15, 0.2) is 12.1 Å². The summed E-state index contributed by atoms with van der Waals surface area (Å²) in [6.07, 6.45) is 1.52. The lowest BCUT2D eigenvalue weighted by atomic mass is 9.81. The lowest BCUT2D eigenvalue weighted by Crippen LogP contribution is -2.55. The van der Waals surface area contributed by atoms with Gasteiger partial charge in [-0.25, -0.2) is 8.78 Å². The number of carbonyl (C=O) groups excluding carboxylic acids is 2. The summed E-state index contributed by atoms with van der Waals surface area (Å²) in [5, 5.41) is 50.5. The summed E-state index contributed by atoms with van der Waals surface area (Å²) in [6, 6.07) is 2.05. The second-order valence-electron chi connectivity index (χ2n) is 9.66. The van der Waals surface area contributed by atoms with E-state index in [0.717, 1.165) is 25.0 Å². The molecule has 0 aromatic heterocycles. The van der Waals surface area contributed by atoms with Crippen molar-refractivity contribution in [2.75, 3.05) is 63.0 Å². The second-order valence-corrected chi connectivity index (χ2v) is 9.66. The number of nitrogens with one attached hydrogen (secondary N) is 2. The summed E-state index contributed by atoms with van der Waals surface area (Å²) in [5.74, 6) is -6.03. The Hall–Kier alpha value is -3.32. The van der Waals surface area contributed by atoms with Crippen molar-refractivity contribution >= 4 is 22.9 Å². The first kappa shape index (κ1) is 24.4. The van der Waals surface area contributed by atoms with Gasteiger partial charge >= 0.3 is 0 Å². The van der Waals surface area contributed by atoms with E-state index >= 15 is 8.78 Å². The standard InChI is InChI=1S/C24H26F2N4O6/c25-19-20(26)22(28-6-12-30(36)9-2-10-30)18-17(21(19)27-5-11-29(35)7-1-8-29)23(33)15-13(31)3-4-14(32)16(15)24(18)34/h3-4,27-28,31-32H,1-2,5-12H2. The molecule has 4 N–H and O–H groups in total. The van der Waals surface area contributed by atoms with Crippen LogP contribution in [0.3, 0.4) is 0 Å². The molecular formula is C24H26F2N4O6. The molecule has 0 unspecified atom stereocenters. The van der Waals surface area contributed by atoms with E-state index in [0.29, 0.717) is 26.2 Å². The highest BCUT2D eigenvalue weighted by molar-refractivity contribution is 6.33. The largest absolute Gasteiger partial charge is 0.633 e. The Bertz CT molecular complexity index is 1180. The van der Waals surface area contributed by atoms with Gasteiger partial charge in [-0.1, -0.05) is 0 Å². The van der Waals surface area contributed by atoms with Crippen LogP contribution in [0.2, 0.25) is 0 Å². The summed E-state index contributed by atoms with van der Waals surface area (Å²) in [6.45, 7) is 1.52. The smallest absolute Gasteiger partial charge is 0.200 e. The molecule has 5 rings (SSSR count). The van der Waals surface area contributed by atoms with Gasteiger partial charge < -0.3 is 40.6 Å². The highest BCUT2D eigenvalue weighted by Gasteiger charge is 2.41. The number of phenols is 2. The Kier molecular flexibility index (Phi) is 5.86. The first-order valence-corrected chi connectivity index (χ1v) is 11.9. The number of likely N-dealkylation sites (tertiary alicyclic amines) is 2. The zero-order valence-corrected chi connectivity index (χ0v) is 19.4. The molecule has 3 aliphatic rings. The first-order chi connectivity index (χ1) is 17.1. The molecule has 192 valence electrons. The van der Waals surface area contributed by atoms with Gasteiger partial charge in [0.1, 0.15) is 11.5 Å². The minimum absolute atomic E-state index is 0.0457. The zero-order chi connectivity index (χ0) is 25.8. The summed E-state index contributed by atoms with van der Waals surface area (Å²) in [7, 11) is 0. The van der Waals surface area contributed by atoms with Crippen LogP contribution in [0, 0.1) is 22.0 Å². The number of quaternary nitrogens is 2. The molecule has 0 radical (unpaired) electrons. The third kappa shape index (κ3) is 3.86. The average molecular weight is 504 g/mol. The molecule has 0 amide bonds. The molecule has 1 aliphatic carbocycles. The summed E-state index contributed by atoms with van der Waals surface area (Å²) >= 11 is 0. The topological polar surface area (TPSA) is 145 Å². The molecule has 2 fully saturated rings. The monoisotopic (exact) mass is 504 g/mol. The van der Waals surface area contributed by atoms with Gasteiger partial charge in [-0.05, 0) is 12.1 Å². The van der Waals surface area contributed by atoms with E-state index in [1.807, 2.05) is 0 Å². The first-order valence-electron chi connectivity index (χ1n) is 11.9. The molecule has 12 heteroatoms. The maximum absolute atomic E-state index is 15.4. The second kappa shape index (κ2) is 8.66. The van der Waals surface area contributed by atoms with E-state index in [1.165, 1.54) is 0 Å². The molecular weight excluding hydrogens is 478 g/mol. The molecule has 0 spiro atoms. The molecule has 2 aliphatic heterocycles. The summed E-state index contributed by atoms with van der Waals surface area (Å²) in [5.41, 5.74) is -3.25. The zero-order valence-electron chi connectivity index (χ0n) is 19.4. The highest BCUT2D eigenvalue weighted by Crippen LogP contribution is 2.44. The van der Waals surface area contributed by atoms with Crippen LogP contribution in [0.1, 0.15) is 44.7 Å². The molecule has 2 aromatic carbocycles. The van der Waals surface area contributed by atoms with Gasteiger partial charge in [-0.15, -0.1) is 0 Å². The van der Waals surface area contributed by atoms with Crippen molar-refractivity contribution in [3.63, 3.8) is 0 Å². The van der Waals surface area contributed by atoms with E-state index in [4.69, 9.17) is 0 Å². The third-order valence-electron chi connectivity index (χ3n) is 7.36. The van der Waals surface area contributed by atoms with Crippen molar-refractivity contribution in [3.05, 3.63) is 56.4 Å². The number of carbonyl (C=O) groups is 2. The number of hydroxylamine groups is 6. The molecule has 36 heavy (non-hydrogen) atoms. The van der Waals surface area contributed by atoms with Crippen LogP contribution in [-0.4, -0.2) is 83.4 Å². The van der Waals surface area contributed by atoms with E-state index in [1.54, 1.807) is 0 Å². The molecule has 2 heterocycles. The van der Waals surface area contributed by atoms with Crippen molar-refractivity contribution in [1.82, 2.24) is 0 Å². The van der Waals surface area contributed by atoms with Crippen LogP contribution < -0.4 is 10.6 Å². The number of fused-ring (bicyclic) bond motifs is 2. The summed E-state index contributed by atoms with van der Waals surface area (Å²) < 4.78 is 29.7. The highest BCUT2D eigenvalue weighted by atomic mass is 19.2. The molecule has 2 aromatic rings. The minimum Gasteiger partial charge on any atom is -0.633 e. The van der Waals surface area contributed by atoms with Gasteiger partial charge in [0.25, 0.3) is 0 Å².